The van der Waals surface area contributed by atoms with Crippen LogP contribution < -0.4 is 0 Å². The molecule has 0 aliphatic rings. The summed E-state index contributed by atoms with van der Waals surface area (Å²) in [5.41, 5.74) is 0. The Hall–Kier alpha value is 0.240. The van der Waals surface area contributed by atoms with Crippen LogP contribution in [0.25, 0.3) is 0 Å². The highest BCUT2D eigenvalue weighted by Gasteiger charge is 1.97. The number of hydrogen-bond donors (Lipinski definition) is 0. The molecule has 0 aromatic rings. The minimum atomic E-state index is 0.966. The Bertz CT molecular complexity index is 102. The van der Waals surface area contributed by atoms with Crippen LogP contribution in [0.3, 0.4) is 0 Å². The fraction of sp³-hybridized carbons (Fsp3) is 0.714. The number of thioether (sulfide) groups is 1. The summed E-state index contributed by atoms with van der Waals surface area (Å²) in [6.07, 6.45) is 2.15. The summed E-state index contributed by atoms with van der Waals surface area (Å²) in [6, 6.07) is 0. The van der Waals surface area contributed by atoms with Gasteiger partial charge in [0.15, 0.2) is 0 Å². The molecule has 0 heterocycles. The molecular weight excluding hydrogens is 162 g/mol. The lowest BCUT2D eigenvalue weighted by Crippen LogP contribution is -2.16. The number of unbranched alkanes of at least 4 members (excludes halogenated alkanes) is 1. The second kappa shape index (κ2) is 5.98. The van der Waals surface area contributed by atoms with Gasteiger partial charge in [-0.1, -0.05) is 37.3 Å². The first kappa shape index (κ1) is 10.2. The highest BCUT2D eigenvalue weighted by Crippen LogP contribution is 2.08. The predicted molar refractivity (Wildman–Crippen MR) is 53.3 cm³/mol. The van der Waals surface area contributed by atoms with E-state index >= 15 is 0 Å². The van der Waals surface area contributed by atoms with Gasteiger partial charge in [0.1, 0.15) is 4.32 Å². The van der Waals surface area contributed by atoms with Gasteiger partial charge in [0.05, 0.1) is 0 Å². The Morgan fingerprint density at radius 1 is 1.60 bits per heavy atom. The third kappa shape index (κ3) is 5.06. The van der Waals surface area contributed by atoms with Gasteiger partial charge < -0.3 is 4.90 Å². The molecule has 0 rings (SSSR count). The first-order valence-electron chi connectivity index (χ1n) is 3.31. The smallest absolute Gasteiger partial charge is 0.135 e. The molecule has 0 aromatic carbocycles. The lowest BCUT2D eigenvalue weighted by Gasteiger charge is -2.11. The molecule has 0 unspecified atom stereocenters. The van der Waals surface area contributed by atoms with Gasteiger partial charge in [-0.3, -0.25) is 0 Å². The minimum Gasteiger partial charge on any atom is -0.364 e. The third-order valence-corrected chi connectivity index (χ3v) is 2.81. The van der Waals surface area contributed by atoms with E-state index in [-0.39, 0.29) is 0 Å². The summed E-state index contributed by atoms with van der Waals surface area (Å²) >= 11 is 6.79. The monoisotopic (exact) mass is 176 g/mol. The average molecular weight is 176 g/mol. The number of nitrogens with zero attached hydrogens (tertiary/aromatic N) is 1. The molecule has 0 aliphatic carbocycles. The van der Waals surface area contributed by atoms with Crippen molar-refractivity contribution in [2.45, 2.75) is 12.8 Å². The van der Waals surface area contributed by atoms with E-state index < -0.39 is 0 Å². The van der Waals surface area contributed by atoms with Crippen molar-refractivity contribution in [1.29, 1.82) is 0 Å². The molecule has 0 bridgehead atoms. The Morgan fingerprint density at radius 3 is 2.60 bits per heavy atom. The second-order valence-corrected chi connectivity index (χ2v) is 3.94. The fourth-order valence-electron chi connectivity index (χ4n) is 0.391. The van der Waals surface area contributed by atoms with E-state index in [9.17, 15) is 0 Å². The molecule has 3 heteroatoms. The molecule has 0 fully saturated rings. The molecule has 0 N–H and O–H groups in total. The Morgan fingerprint density at radius 2 is 2.20 bits per heavy atom. The van der Waals surface area contributed by atoms with E-state index in [0.717, 1.165) is 22.9 Å². The summed E-state index contributed by atoms with van der Waals surface area (Å²) in [6.45, 7) is 3.76. The van der Waals surface area contributed by atoms with Crippen molar-refractivity contribution in [2.24, 2.45) is 0 Å². The average Bonchev–Trinajstić information content (AvgIpc) is 1.88. The molecule has 0 atom stereocenters. The van der Waals surface area contributed by atoms with E-state index in [4.69, 9.17) is 12.2 Å². The highest BCUT2D eigenvalue weighted by atomic mass is 32.2. The maximum Gasteiger partial charge on any atom is 0.135 e. The molecule has 1 nitrogen and oxygen atoms in total. The van der Waals surface area contributed by atoms with Crippen LogP contribution in [0.5, 0.6) is 0 Å². The molecule has 0 aliphatic heterocycles. The first-order chi connectivity index (χ1) is 4.68. The predicted octanol–water partition coefficient (Wildman–Crippen LogP) is 2.18. The van der Waals surface area contributed by atoms with Crippen LogP contribution in [0.4, 0.5) is 0 Å². The van der Waals surface area contributed by atoms with Crippen molar-refractivity contribution < 1.29 is 0 Å². The zero-order chi connectivity index (χ0) is 7.98. The van der Waals surface area contributed by atoms with Gasteiger partial charge in [0.25, 0.3) is 0 Å². The molecule has 0 spiro atoms. The molecule has 0 saturated carbocycles. The van der Waals surface area contributed by atoms with Gasteiger partial charge in [0.2, 0.25) is 0 Å². The second-order valence-electron chi connectivity index (χ2n) is 2.22. The van der Waals surface area contributed by atoms with Gasteiger partial charge in [-0.25, -0.2) is 0 Å². The van der Waals surface area contributed by atoms with Crippen LogP contribution in [0.2, 0.25) is 0 Å². The molecule has 0 aromatic heterocycles. The molecule has 10 heavy (non-hydrogen) atoms. The van der Waals surface area contributed by atoms with Crippen molar-refractivity contribution in [3.63, 3.8) is 0 Å². The van der Waals surface area contributed by atoms with Crippen molar-refractivity contribution in [1.82, 2.24) is 4.90 Å². The standard InChI is InChI=1S/C7H14NS2/c1-4-5-6-10-7(9)8(2)3/h1,4-6H2,2-3H3. The van der Waals surface area contributed by atoms with Crippen molar-refractivity contribution in [2.75, 3.05) is 19.8 Å². The summed E-state index contributed by atoms with van der Waals surface area (Å²) < 4.78 is 0.966. The number of thiocarbonyl (C=S) groups is 1. The summed E-state index contributed by atoms with van der Waals surface area (Å²) in [5, 5.41) is 0. The highest BCUT2D eigenvalue weighted by molar-refractivity contribution is 8.22. The van der Waals surface area contributed by atoms with E-state index in [1.807, 2.05) is 19.0 Å². The number of rotatable bonds is 3. The zero-order valence-corrected chi connectivity index (χ0v) is 8.23. The lowest BCUT2D eigenvalue weighted by atomic mass is 10.4. The fourth-order valence-corrected chi connectivity index (χ4v) is 1.42. The van der Waals surface area contributed by atoms with Gasteiger partial charge >= 0.3 is 0 Å². The van der Waals surface area contributed by atoms with Crippen molar-refractivity contribution in [3.05, 3.63) is 6.92 Å². The van der Waals surface area contributed by atoms with Crippen LogP contribution in [0.15, 0.2) is 0 Å². The van der Waals surface area contributed by atoms with Gasteiger partial charge in [0, 0.05) is 19.8 Å². The maximum absolute atomic E-state index is 5.06. The number of hydrogen-bond acceptors (Lipinski definition) is 2. The van der Waals surface area contributed by atoms with E-state index in [2.05, 4.69) is 6.92 Å². The zero-order valence-electron chi connectivity index (χ0n) is 6.59. The molecule has 59 valence electrons. The van der Waals surface area contributed by atoms with Crippen LogP contribution in [-0.4, -0.2) is 29.1 Å². The summed E-state index contributed by atoms with van der Waals surface area (Å²) in [5.74, 6) is 1.10. The lowest BCUT2D eigenvalue weighted by molar-refractivity contribution is 0.648. The molecule has 0 amide bonds. The third-order valence-electron chi connectivity index (χ3n) is 0.985. The first-order valence-corrected chi connectivity index (χ1v) is 4.71. The summed E-state index contributed by atoms with van der Waals surface area (Å²) in [7, 11) is 3.94. The Balaban J connectivity index is 3.22. The molecule has 1 radical (unpaired) electrons. The van der Waals surface area contributed by atoms with Crippen LogP contribution in [0.1, 0.15) is 12.8 Å². The summed E-state index contributed by atoms with van der Waals surface area (Å²) in [4.78, 5) is 1.96. The normalized spacial score (nSPS) is 9.50. The van der Waals surface area contributed by atoms with Crippen LogP contribution in [-0.2, 0) is 0 Å². The van der Waals surface area contributed by atoms with Crippen LogP contribution in [0, 0.1) is 6.92 Å². The van der Waals surface area contributed by atoms with Crippen molar-refractivity contribution in [3.8, 4) is 0 Å². The molecular formula is C7H14NS2. The largest absolute Gasteiger partial charge is 0.364 e. The Labute approximate surface area is 73.2 Å². The van der Waals surface area contributed by atoms with E-state index in [1.54, 1.807) is 11.8 Å². The minimum absolute atomic E-state index is 0.966. The maximum atomic E-state index is 5.06. The van der Waals surface area contributed by atoms with Crippen molar-refractivity contribution >= 4 is 28.3 Å². The van der Waals surface area contributed by atoms with Gasteiger partial charge in [-0.05, 0) is 6.42 Å². The topological polar surface area (TPSA) is 3.24 Å². The Kier molecular flexibility index (Phi) is 6.13. The SMILES string of the molecule is [CH2]CCCSC(=S)N(C)C. The quantitative estimate of drug-likeness (QED) is 0.479. The van der Waals surface area contributed by atoms with Gasteiger partial charge in [-0.2, -0.15) is 0 Å². The van der Waals surface area contributed by atoms with Crippen LogP contribution >= 0.6 is 24.0 Å². The molecule has 0 saturated heterocycles. The van der Waals surface area contributed by atoms with Gasteiger partial charge in [-0.15, -0.1) is 0 Å². The van der Waals surface area contributed by atoms with E-state index in [1.165, 1.54) is 0 Å². The van der Waals surface area contributed by atoms with E-state index in [0.29, 0.717) is 0 Å².